The molecular weight excluding hydrogens is 342 g/mol. The van der Waals surface area contributed by atoms with E-state index in [0.29, 0.717) is 30.8 Å². The molecule has 0 atom stereocenters. The number of benzene rings is 1. The predicted octanol–water partition coefficient (Wildman–Crippen LogP) is 2.65. The van der Waals surface area contributed by atoms with Gasteiger partial charge in [-0.15, -0.1) is 0 Å². The lowest BCUT2D eigenvalue weighted by molar-refractivity contribution is 0.281. The summed E-state index contributed by atoms with van der Waals surface area (Å²) >= 11 is 0. The lowest BCUT2D eigenvalue weighted by atomic mass is 10.1. The van der Waals surface area contributed by atoms with E-state index in [9.17, 15) is 0 Å². The Morgan fingerprint density at radius 2 is 1.74 bits per heavy atom. The number of anilines is 1. The molecule has 0 fully saturated rings. The smallest absolute Gasteiger partial charge is 0.137 e. The molecule has 0 unspecified atom stereocenters. The van der Waals surface area contributed by atoms with Gasteiger partial charge in [-0.1, -0.05) is 24.3 Å². The van der Waals surface area contributed by atoms with E-state index in [-0.39, 0.29) is 18.8 Å². The summed E-state index contributed by atoms with van der Waals surface area (Å²) in [6.45, 7) is 0.998. The van der Waals surface area contributed by atoms with Gasteiger partial charge < -0.3 is 19.8 Å². The van der Waals surface area contributed by atoms with Crippen LogP contribution in [0.3, 0.4) is 0 Å². The summed E-state index contributed by atoms with van der Waals surface area (Å²) < 4.78 is 5.41. The van der Waals surface area contributed by atoms with Crippen LogP contribution >= 0.6 is 0 Å². The van der Waals surface area contributed by atoms with Crippen LogP contribution in [0.25, 0.3) is 6.08 Å². The average Bonchev–Trinajstić information content (AvgIpc) is 2.70. The zero-order valence-corrected chi connectivity index (χ0v) is 14.9. The second-order valence-corrected chi connectivity index (χ2v) is 5.72. The lowest BCUT2D eigenvalue weighted by Crippen LogP contribution is -2.29. The van der Waals surface area contributed by atoms with Gasteiger partial charge in [0.25, 0.3) is 0 Å². The average molecular weight is 363 g/mol. The summed E-state index contributed by atoms with van der Waals surface area (Å²) in [6, 6.07) is 11.5. The fourth-order valence-corrected chi connectivity index (χ4v) is 2.59. The number of nitriles is 2. The van der Waals surface area contributed by atoms with Gasteiger partial charge in [0.1, 0.15) is 23.5 Å². The minimum atomic E-state index is 0.0287. The highest BCUT2D eigenvalue weighted by atomic mass is 16.5. The molecule has 0 saturated carbocycles. The number of nitrogens with zero attached hydrogens (tertiary/aromatic N) is 3. The molecule has 0 aromatic heterocycles. The van der Waals surface area contributed by atoms with E-state index in [0.717, 1.165) is 11.3 Å². The van der Waals surface area contributed by atoms with Gasteiger partial charge in [0.05, 0.1) is 19.5 Å². The van der Waals surface area contributed by atoms with Gasteiger partial charge in [0.15, 0.2) is 0 Å². The van der Waals surface area contributed by atoms with Crippen molar-refractivity contribution in [2.45, 2.75) is 6.42 Å². The molecule has 1 aliphatic rings. The minimum absolute atomic E-state index is 0.0287. The molecule has 0 spiro atoms. The van der Waals surface area contributed by atoms with Crippen molar-refractivity contribution in [2.75, 3.05) is 31.2 Å². The predicted molar refractivity (Wildman–Crippen MR) is 103 cm³/mol. The second-order valence-electron chi connectivity index (χ2n) is 5.72. The van der Waals surface area contributed by atoms with E-state index in [2.05, 4.69) is 0 Å². The Morgan fingerprint density at radius 3 is 2.33 bits per heavy atom. The number of hydrogen-bond donors (Lipinski definition) is 2. The first-order valence-electron chi connectivity index (χ1n) is 8.53. The SMILES string of the molecule is N#CC(C#N)=C1C=COC(C/C=C/c2ccc(N(CCO)CCO)cc2)=C1. The maximum absolute atomic E-state index is 9.11. The molecule has 138 valence electrons. The molecule has 6 nitrogen and oxygen atoms in total. The van der Waals surface area contributed by atoms with Crippen LogP contribution in [-0.2, 0) is 4.74 Å². The molecule has 6 heteroatoms. The largest absolute Gasteiger partial charge is 0.469 e. The Balaban J connectivity index is 2.02. The van der Waals surface area contributed by atoms with Crippen LogP contribution in [0.5, 0.6) is 0 Å². The third-order valence-corrected chi connectivity index (χ3v) is 3.92. The minimum Gasteiger partial charge on any atom is -0.469 e. The number of hydrogen-bond acceptors (Lipinski definition) is 6. The molecule has 0 bridgehead atoms. The molecule has 2 rings (SSSR count). The lowest BCUT2D eigenvalue weighted by Gasteiger charge is -2.22. The highest BCUT2D eigenvalue weighted by molar-refractivity contribution is 5.56. The van der Waals surface area contributed by atoms with Gasteiger partial charge in [-0.3, -0.25) is 0 Å². The van der Waals surface area contributed by atoms with E-state index >= 15 is 0 Å². The van der Waals surface area contributed by atoms with Crippen molar-refractivity contribution in [3.05, 3.63) is 71.2 Å². The van der Waals surface area contributed by atoms with Gasteiger partial charge in [0, 0.05) is 30.8 Å². The number of aliphatic hydroxyl groups is 2. The zero-order chi connectivity index (χ0) is 19.5. The quantitative estimate of drug-likeness (QED) is 0.689. The van der Waals surface area contributed by atoms with Crippen LogP contribution in [0.15, 0.2) is 65.7 Å². The van der Waals surface area contributed by atoms with Crippen LogP contribution in [0.1, 0.15) is 12.0 Å². The third-order valence-electron chi connectivity index (χ3n) is 3.92. The Labute approximate surface area is 158 Å². The standard InChI is InChI=1S/C21H21N3O3/c22-15-19(16-23)18-8-13-27-21(14-18)3-1-2-17-4-6-20(7-5-17)24(9-11-25)10-12-26/h1-2,4-8,13-14,25-26H,3,9-12H2/b2-1+. The molecule has 0 radical (unpaired) electrons. The first-order valence-corrected chi connectivity index (χ1v) is 8.53. The van der Waals surface area contributed by atoms with Gasteiger partial charge in [-0.25, -0.2) is 0 Å². The van der Waals surface area contributed by atoms with Crippen molar-refractivity contribution in [1.82, 2.24) is 0 Å². The molecule has 0 saturated heterocycles. The summed E-state index contributed by atoms with van der Waals surface area (Å²) in [6.07, 6.45) is 9.18. The van der Waals surface area contributed by atoms with E-state index in [1.807, 2.05) is 53.5 Å². The van der Waals surface area contributed by atoms with Crippen LogP contribution in [0.4, 0.5) is 5.69 Å². The van der Waals surface area contributed by atoms with Gasteiger partial charge in [-0.2, -0.15) is 10.5 Å². The maximum Gasteiger partial charge on any atom is 0.137 e. The molecule has 27 heavy (non-hydrogen) atoms. The fourth-order valence-electron chi connectivity index (χ4n) is 2.59. The molecule has 0 aliphatic carbocycles. The summed E-state index contributed by atoms with van der Waals surface area (Å²) in [7, 11) is 0. The summed E-state index contributed by atoms with van der Waals surface area (Å²) in [4.78, 5) is 1.91. The molecule has 2 N–H and O–H groups in total. The maximum atomic E-state index is 9.11. The van der Waals surface area contributed by atoms with Crippen molar-refractivity contribution in [3.63, 3.8) is 0 Å². The molecular formula is C21H21N3O3. The summed E-state index contributed by atoms with van der Waals surface area (Å²) in [5.41, 5.74) is 2.55. The first kappa shape index (κ1) is 20.0. The van der Waals surface area contributed by atoms with Crippen LogP contribution in [0, 0.1) is 22.7 Å². The normalized spacial score (nSPS) is 12.9. The second kappa shape index (κ2) is 10.6. The van der Waals surface area contributed by atoms with Crippen molar-refractivity contribution in [2.24, 2.45) is 0 Å². The van der Waals surface area contributed by atoms with Crippen LogP contribution < -0.4 is 4.90 Å². The van der Waals surface area contributed by atoms with Gasteiger partial charge >= 0.3 is 0 Å². The number of rotatable bonds is 8. The summed E-state index contributed by atoms with van der Waals surface area (Å²) in [5, 5.41) is 36.1. The van der Waals surface area contributed by atoms with E-state index < -0.39 is 0 Å². The van der Waals surface area contributed by atoms with E-state index in [1.54, 1.807) is 12.2 Å². The highest BCUT2D eigenvalue weighted by Gasteiger charge is 2.08. The van der Waals surface area contributed by atoms with Crippen LogP contribution in [0.2, 0.25) is 0 Å². The Hall–Kier alpha value is -3.32. The topological polar surface area (TPSA) is 101 Å². The van der Waals surface area contributed by atoms with Gasteiger partial charge in [-0.05, 0) is 29.8 Å². The molecule has 1 heterocycles. The van der Waals surface area contributed by atoms with E-state index in [1.165, 1.54) is 6.26 Å². The van der Waals surface area contributed by atoms with Crippen molar-refractivity contribution < 1.29 is 14.9 Å². The van der Waals surface area contributed by atoms with Gasteiger partial charge in [0.2, 0.25) is 0 Å². The Morgan fingerprint density at radius 1 is 1.07 bits per heavy atom. The summed E-state index contributed by atoms with van der Waals surface area (Å²) in [5.74, 6) is 0.653. The highest BCUT2D eigenvalue weighted by Crippen LogP contribution is 2.20. The Kier molecular flexibility index (Phi) is 7.87. The number of allylic oxidation sites excluding steroid dienone is 5. The fraction of sp³-hybridized carbons (Fsp3) is 0.238. The molecule has 1 aliphatic heterocycles. The number of ether oxygens (including phenoxy) is 1. The third kappa shape index (κ3) is 5.86. The van der Waals surface area contributed by atoms with Crippen molar-refractivity contribution in [3.8, 4) is 12.1 Å². The Bertz CT molecular complexity index is 815. The van der Waals surface area contributed by atoms with Crippen molar-refractivity contribution in [1.29, 1.82) is 10.5 Å². The monoisotopic (exact) mass is 363 g/mol. The van der Waals surface area contributed by atoms with Crippen LogP contribution in [-0.4, -0.2) is 36.5 Å². The first-order chi connectivity index (χ1) is 13.2. The van der Waals surface area contributed by atoms with Crippen molar-refractivity contribution >= 4 is 11.8 Å². The molecule has 1 aromatic carbocycles. The number of aliphatic hydroxyl groups excluding tert-OH is 2. The van der Waals surface area contributed by atoms with E-state index in [4.69, 9.17) is 25.5 Å². The molecule has 1 aromatic rings. The molecule has 0 amide bonds. The zero-order valence-electron chi connectivity index (χ0n) is 14.9.